The van der Waals surface area contributed by atoms with Crippen molar-refractivity contribution in [3.63, 3.8) is 0 Å². The third-order valence-electron chi connectivity index (χ3n) is 3.67. The Hall–Kier alpha value is -1.24. The van der Waals surface area contributed by atoms with Crippen LogP contribution < -0.4 is 11.1 Å². The maximum Gasteiger partial charge on any atom is 0.101 e. The van der Waals surface area contributed by atoms with E-state index in [4.69, 9.17) is 22.6 Å². The zero-order valence-corrected chi connectivity index (χ0v) is 11.1. The van der Waals surface area contributed by atoms with Gasteiger partial charge in [0, 0.05) is 17.6 Å². The predicted molar refractivity (Wildman–Crippen MR) is 74.6 cm³/mol. The number of halogens is 1. The van der Waals surface area contributed by atoms with Crippen molar-refractivity contribution >= 4 is 17.3 Å². The van der Waals surface area contributed by atoms with E-state index in [2.05, 4.69) is 11.4 Å². The Kier molecular flexibility index (Phi) is 4.46. The van der Waals surface area contributed by atoms with Crippen molar-refractivity contribution in [1.29, 1.82) is 5.26 Å². The molecule has 0 aromatic heterocycles. The molecule has 1 unspecified atom stereocenters. The molecule has 1 atom stereocenters. The third kappa shape index (κ3) is 2.95. The van der Waals surface area contributed by atoms with Gasteiger partial charge < -0.3 is 11.1 Å². The van der Waals surface area contributed by atoms with Crippen molar-refractivity contribution in [2.75, 3.05) is 11.9 Å². The Bertz CT molecular complexity index is 447. The summed E-state index contributed by atoms with van der Waals surface area (Å²) in [5, 5.41) is 13.1. The van der Waals surface area contributed by atoms with Crippen LogP contribution in [0.15, 0.2) is 18.2 Å². The second-order valence-electron chi connectivity index (χ2n) is 4.83. The maximum absolute atomic E-state index is 9.11. The maximum atomic E-state index is 9.11. The average Bonchev–Trinajstić information content (AvgIpc) is 2.91. The van der Waals surface area contributed by atoms with Crippen LogP contribution in [0.2, 0.25) is 5.02 Å². The number of nitrogens with two attached hydrogens (primary N) is 1. The van der Waals surface area contributed by atoms with E-state index in [1.54, 1.807) is 12.1 Å². The summed E-state index contributed by atoms with van der Waals surface area (Å²) < 4.78 is 0. The number of nitriles is 1. The minimum atomic E-state index is 0.251. The van der Waals surface area contributed by atoms with Gasteiger partial charge in [0.15, 0.2) is 0 Å². The van der Waals surface area contributed by atoms with Crippen LogP contribution in [0.1, 0.15) is 31.2 Å². The van der Waals surface area contributed by atoms with Crippen LogP contribution >= 0.6 is 11.6 Å². The van der Waals surface area contributed by atoms with Crippen LogP contribution in [0.4, 0.5) is 5.69 Å². The molecule has 0 amide bonds. The Morgan fingerprint density at radius 1 is 1.44 bits per heavy atom. The first kappa shape index (κ1) is 13.2. The van der Waals surface area contributed by atoms with Crippen LogP contribution in [0, 0.1) is 17.2 Å². The molecule has 1 aromatic rings. The van der Waals surface area contributed by atoms with Crippen LogP contribution in [0.5, 0.6) is 0 Å². The molecular weight excluding hydrogens is 246 g/mol. The van der Waals surface area contributed by atoms with Gasteiger partial charge in [0.05, 0.1) is 11.3 Å². The summed E-state index contributed by atoms with van der Waals surface area (Å²) in [5.41, 5.74) is 7.27. The fourth-order valence-electron chi connectivity index (χ4n) is 2.66. The molecule has 3 nitrogen and oxygen atoms in total. The molecule has 18 heavy (non-hydrogen) atoms. The summed E-state index contributed by atoms with van der Waals surface area (Å²) in [5.74, 6) is 0.622. The summed E-state index contributed by atoms with van der Waals surface area (Å²) in [6, 6.07) is 7.76. The van der Waals surface area contributed by atoms with Crippen LogP contribution in [-0.4, -0.2) is 12.6 Å². The van der Waals surface area contributed by atoms with Gasteiger partial charge in [-0.2, -0.15) is 5.26 Å². The van der Waals surface area contributed by atoms with Gasteiger partial charge in [-0.15, -0.1) is 0 Å². The number of hydrogen-bond acceptors (Lipinski definition) is 3. The van der Waals surface area contributed by atoms with Crippen molar-refractivity contribution in [1.82, 2.24) is 0 Å². The smallest absolute Gasteiger partial charge is 0.101 e. The zero-order valence-electron chi connectivity index (χ0n) is 10.3. The van der Waals surface area contributed by atoms with Crippen molar-refractivity contribution in [3.05, 3.63) is 28.8 Å². The first-order chi connectivity index (χ1) is 8.74. The number of anilines is 1. The molecule has 1 fully saturated rings. The lowest BCUT2D eigenvalue weighted by Crippen LogP contribution is -2.35. The highest BCUT2D eigenvalue weighted by molar-refractivity contribution is 6.30. The van der Waals surface area contributed by atoms with Crippen LogP contribution in [0.25, 0.3) is 0 Å². The van der Waals surface area contributed by atoms with E-state index in [0.29, 0.717) is 23.0 Å². The van der Waals surface area contributed by atoms with E-state index in [1.807, 2.05) is 6.07 Å². The second kappa shape index (κ2) is 6.08. The topological polar surface area (TPSA) is 61.8 Å². The van der Waals surface area contributed by atoms with Gasteiger partial charge >= 0.3 is 0 Å². The fraction of sp³-hybridized carbons (Fsp3) is 0.500. The van der Waals surface area contributed by atoms with E-state index in [-0.39, 0.29) is 6.04 Å². The molecule has 0 bridgehead atoms. The number of nitrogens with one attached hydrogen (secondary N) is 1. The molecule has 4 heteroatoms. The lowest BCUT2D eigenvalue weighted by Gasteiger charge is -2.24. The fourth-order valence-corrected chi connectivity index (χ4v) is 2.84. The molecular formula is C14H18ClN3. The number of nitrogens with zero attached hydrogens (tertiary/aromatic N) is 1. The molecule has 1 aromatic carbocycles. The summed E-state index contributed by atoms with van der Waals surface area (Å²) in [7, 11) is 0. The van der Waals surface area contributed by atoms with E-state index in [0.717, 1.165) is 5.69 Å². The standard InChI is InChI=1S/C14H18ClN3/c15-12-5-6-13(11(7-12)8-16)18-14(9-17)10-3-1-2-4-10/h5-7,10,14,18H,1-4,9,17H2. The summed E-state index contributed by atoms with van der Waals surface area (Å²) in [4.78, 5) is 0. The first-order valence-corrected chi connectivity index (χ1v) is 6.78. The number of hydrogen-bond donors (Lipinski definition) is 2. The Morgan fingerprint density at radius 2 is 2.17 bits per heavy atom. The lowest BCUT2D eigenvalue weighted by atomic mass is 9.97. The zero-order chi connectivity index (χ0) is 13.0. The molecule has 1 aliphatic rings. The third-order valence-corrected chi connectivity index (χ3v) is 3.90. The molecule has 1 aliphatic carbocycles. The molecule has 0 aliphatic heterocycles. The van der Waals surface area contributed by atoms with Crippen molar-refractivity contribution in [3.8, 4) is 6.07 Å². The van der Waals surface area contributed by atoms with Crippen molar-refractivity contribution in [2.24, 2.45) is 11.7 Å². The highest BCUT2D eigenvalue weighted by Gasteiger charge is 2.24. The molecule has 0 radical (unpaired) electrons. The van der Waals surface area contributed by atoms with Crippen molar-refractivity contribution in [2.45, 2.75) is 31.7 Å². The molecule has 3 N–H and O–H groups in total. The SMILES string of the molecule is N#Cc1cc(Cl)ccc1NC(CN)C1CCCC1. The predicted octanol–water partition coefficient (Wildman–Crippen LogP) is 3.14. The van der Waals surface area contributed by atoms with Gasteiger partial charge in [-0.1, -0.05) is 24.4 Å². The molecule has 96 valence electrons. The van der Waals surface area contributed by atoms with Crippen LogP contribution in [-0.2, 0) is 0 Å². The number of rotatable bonds is 4. The van der Waals surface area contributed by atoms with Gasteiger partial charge in [0.25, 0.3) is 0 Å². The minimum Gasteiger partial charge on any atom is -0.380 e. The van der Waals surface area contributed by atoms with Gasteiger partial charge in [-0.3, -0.25) is 0 Å². The average molecular weight is 264 g/mol. The molecule has 1 saturated carbocycles. The summed E-state index contributed by atoms with van der Waals surface area (Å²) in [6.07, 6.45) is 5.03. The highest BCUT2D eigenvalue weighted by Crippen LogP contribution is 2.30. The number of benzene rings is 1. The van der Waals surface area contributed by atoms with E-state index >= 15 is 0 Å². The lowest BCUT2D eigenvalue weighted by molar-refractivity contribution is 0.462. The highest BCUT2D eigenvalue weighted by atomic mass is 35.5. The molecule has 0 spiro atoms. The molecule has 0 saturated heterocycles. The van der Waals surface area contributed by atoms with Gasteiger partial charge in [-0.25, -0.2) is 0 Å². The molecule has 2 rings (SSSR count). The Labute approximate surface area is 113 Å². The van der Waals surface area contributed by atoms with Crippen LogP contribution in [0.3, 0.4) is 0 Å². The largest absolute Gasteiger partial charge is 0.380 e. The first-order valence-electron chi connectivity index (χ1n) is 6.41. The van der Waals surface area contributed by atoms with Gasteiger partial charge in [0.2, 0.25) is 0 Å². The monoisotopic (exact) mass is 263 g/mol. The molecule has 0 heterocycles. The Balaban J connectivity index is 2.14. The normalized spacial score (nSPS) is 17.4. The quantitative estimate of drug-likeness (QED) is 0.877. The Morgan fingerprint density at radius 3 is 2.78 bits per heavy atom. The summed E-state index contributed by atoms with van der Waals surface area (Å²) in [6.45, 7) is 0.595. The summed E-state index contributed by atoms with van der Waals surface area (Å²) >= 11 is 5.89. The van der Waals surface area contributed by atoms with E-state index in [1.165, 1.54) is 25.7 Å². The van der Waals surface area contributed by atoms with E-state index < -0.39 is 0 Å². The minimum absolute atomic E-state index is 0.251. The second-order valence-corrected chi connectivity index (χ2v) is 5.27. The van der Waals surface area contributed by atoms with E-state index in [9.17, 15) is 0 Å². The van der Waals surface area contributed by atoms with Gasteiger partial charge in [0.1, 0.15) is 6.07 Å². The van der Waals surface area contributed by atoms with Crippen molar-refractivity contribution < 1.29 is 0 Å². The van der Waals surface area contributed by atoms with Gasteiger partial charge in [-0.05, 0) is 37.0 Å².